The molecule has 3 atom stereocenters. The van der Waals surface area contributed by atoms with Crippen molar-refractivity contribution in [2.24, 2.45) is 11.7 Å². The van der Waals surface area contributed by atoms with E-state index in [-0.39, 0.29) is 23.9 Å². The number of benzene rings is 1. The third-order valence-corrected chi connectivity index (χ3v) is 4.10. The predicted octanol–water partition coefficient (Wildman–Crippen LogP) is 2.75. The highest BCUT2D eigenvalue weighted by atomic mass is 79.9. The van der Waals surface area contributed by atoms with Gasteiger partial charge >= 0.3 is 0 Å². The van der Waals surface area contributed by atoms with Crippen molar-refractivity contribution in [1.29, 1.82) is 0 Å². The van der Waals surface area contributed by atoms with Gasteiger partial charge in [0.25, 0.3) is 0 Å². The average molecular weight is 311 g/mol. The molecule has 2 unspecified atom stereocenters. The standard InChI is InChI=1S/C14H19BrN2O/c1-9(10-2-5-12(15)6-3-10)17-14(18)11-4-7-13(16)8-11/h2-3,5-6,9,11,13H,4,7-8,16H2,1H3,(H,17,18)/t9-,11?,13?/m0/s1. The van der Waals surface area contributed by atoms with Crippen LogP contribution < -0.4 is 11.1 Å². The molecule has 1 aliphatic rings. The van der Waals surface area contributed by atoms with E-state index in [9.17, 15) is 4.79 Å². The summed E-state index contributed by atoms with van der Waals surface area (Å²) in [5, 5.41) is 3.07. The highest BCUT2D eigenvalue weighted by Gasteiger charge is 2.28. The molecule has 1 saturated carbocycles. The van der Waals surface area contributed by atoms with Gasteiger partial charge in [0.05, 0.1) is 6.04 Å². The van der Waals surface area contributed by atoms with Crippen LogP contribution in [0.5, 0.6) is 0 Å². The minimum Gasteiger partial charge on any atom is -0.349 e. The highest BCUT2D eigenvalue weighted by Crippen LogP contribution is 2.25. The van der Waals surface area contributed by atoms with E-state index < -0.39 is 0 Å². The third kappa shape index (κ3) is 3.33. The predicted molar refractivity (Wildman–Crippen MR) is 76.0 cm³/mol. The van der Waals surface area contributed by atoms with Crippen molar-refractivity contribution in [3.63, 3.8) is 0 Å². The van der Waals surface area contributed by atoms with Crippen LogP contribution in [0.2, 0.25) is 0 Å². The molecule has 0 radical (unpaired) electrons. The van der Waals surface area contributed by atoms with E-state index in [0.717, 1.165) is 29.3 Å². The van der Waals surface area contributed by atoms with Crippen LogP contribution in [0, 0.1) is 5.92 Å². The molecule has 18 heavy (non-hydrogen) atoms. The molecule has 98 valence electrons. The zero-order chi connectivity index (χ0) is 13.1. The van der Waals surface area contributed by atoms with Gasteiger partial charge in [-0.25, -0.2) is 0 Å². The third-order valence-electron chi connectivity index (χ3n) is 3.57. The summed E-state index contributed by atoms with van der Waals surface area (Å²) in [5.41, 5.74) is 6.96. The largest absolute Gasteiger partial charge is 0.349 e. The van der Waals surface area contributed by atoms with E-state index in [1.165, 1.54) is 0 Å². The van der Waals surface area contributed by atoms with Gasteiger partial charge in [0, 0.05) is 16.4 Å². The molecule has 3 N–H and O–H groups in total. The maximum absolute atomic E-state index is 12.1. The van der Waals surface area contributed by atoms with Crippen molar-refractivity contribution in [2.45, 2.75) is 38.3 Å². The molecule has 0 bridgehead atoms. The molecule has 0 aliphatic heterocycles. The second kappa shape index (κ2) is 5.85. The molecule has 1 aromatic rings. The summed E-state index contributed by atoms with van der Waals surface area (Å²) in [6.07, 6.45) is 2.70. The topological polar surface area (TPSA) is 55.1 Å². The fourth-order valence-electron chi connectivity index (χ4n) is 2.42. The SMILES string of the molecule is C[C@H](NC(=O)C1CCC(N)C1)c1ccc(Br)cc1. The van der Waals surface area contributed by atoms with Crippen molar-refractivity contribution in [3.05, 3.63) is 34.3 Å². The fourth-order valence-corrected chi connectivity index (χ4v) is 2.68. The average Bonchev–Trinajstić information content (AvgIpc) is 2.76. The summed E-state index contributed by atoms with van der Waals surface area (Å²) >= 11 is 3.40. The second-order valence-electron chi connectivity index (χ2n) is 5.05. The number of hydrogen-bond acceptors (Lipinski definition) is 2. The van der Waals surface area contributed by atoms with Crippen LogP contribution in [0.25, 0.3) is 0 Å². The maximum Gasteiger partial charge on any atom is 0.223 e. The molecular formula is C14H19BrN2O. The Morgan fingerprint density at radius 1 is 1.39 bits per heavy atom. The Labute approximate surface area is 116 Å². The van der Waals surface area contributed by atoms with Gasteiger partial charge in [-0.05, 0) is 43.9 Å². The van der Waals surface area contributed by atoms with E-state index in [1.54, 1.807) is 0 Å². The Kier molecular flexibility index (Phi) is 4.40. The number of carbonyl (C=O) groups is 1. The van der Waals surface area contributed by atoms with Crippen LogP contribution >= 0.6 is 15.9 Å². The first kappa shape index (κ1) is 13.6. The van der Waals surface area contributed by atoms with Gasteiger partial charge in [-0.3, -0.25) is 4.79 Å². The molecule has 4 heteroatoms. The van der Waals surface area contributed by atoms with Crippen molar-refractivity contribution in [2.75, 3.05) is 0 Å². The van der Waals surface area contributed by atoms with Gasteiger partial charge in [-0.15, -0.1) is 0 Å². The van der Waals surface area contributed by atoms with E-state index in [2.05, 4.69) is 21.2 Å². The quantitative estimate of drug-likeness (QED) is 0.902. The number of amides is 1. The van der Waals surface area contributed by atoms with Gasteiger partial charge in [0.1, 0.15) is 0 Å². The van der Waals surface area contributed by atoms with Crippen LogP contribution in [0.4, 0.5) is 0 Å². The number of rotatable bonds is 3. The van der Waals surface area contributed by atoms with Gasteiger partial charge in [0.15, 0.2) is 0 Å². The molecule has 0 heterocycles. The van der Waals surface area contributed by atoms with Gasteiger partial charge in [-0.2, -0.15) is 0 Å². The maximum atomic E-state index is 12.1. The lowest BCUT2D eigenvalue weighted by atomic mass is 10.0. The molecule has 0 saturated heterocycles. The zero-order valence-electron chi connectivity index (χ0n) is 10.5. The van der Waals surface area contributed by atoms with Crippen LogP contribution in [0.3, 0.4) is 0 Å². The Balaban J connectivity index is 1.92. The number of nitrogens with two attached hydrogens (primary N) is 1. The van der Waals surface area contributed by atoms with Crippen LogP contribution in [0.1, 0.15) is 37.8 Å². The van der Waals surface area contributed by atoms with Crippen molar-refractivity contribution >= 4 is 21.8 Å². The molecule has 0 spiro atoms. The minimum absolute atomic E-state index is 0.0439. The monoisotopic (exact) mass is 310 g/mol. The normalized spacial score (nSPS) is 24.8. The molecule has 0 aromatic heterocycles. The van der Waals surface area contributed by atoms with Crippen LogP contribution in [-0.2, 0) is 4.79 Å². The lowest BCUT2D eigenvalue weighted by Gasteiger charge is -2.17. The summed E-state index contributed by atoms with van der Waals surface area (Å²) < 4.78 is 1.05. The molecular weight excluding hydrogens is 292 g/mol. The van der Waals surface area contributed by atoms with Crippen molar-refractivity contribution in [1.82, 2.24) is 5.32 Å². The van der Waals surface area contributed by atoms with Crippen molar-refractivity contribution in [3.8, 4) is 0 Å². The molecule has 1 fully saturated rings. The Bertz CT molecular complexity index is 418. The van der Waals surface area contributed by atoms with Gasteiger partial charge in [0.2, 0.25) is 5.91 Å². The first-order chi connectivity index (χ1) is 8.56. The first-order valence-corrected chi connectivity index (χ1v) is 7.17. The summed E-state index contributed by atoms with van der Waals surface area (Å²) in [7, 11) is 0. The van der Waals surface area contributed by atoms with E-state index in [1.807, 2.05) is 31.2 Å². The van der Waals surface area contributed by atoms with Crippen LogP contribution in [0.15, 0.2) is 28.7 Å². The molecule has 1 aromatic carbocycles. The number of halogens is 1. The van der Waals surface area contributed by atoms with Gasteiger partial charge in [-0.1, -0.05) is 28.1 Å². The minimum atomic E-state index is 0.0439. The molecule has 3 nitrogen and oxygen atoms in total. The molecule has 2 rings (SSSR count). The van der Waals surface area contributed by atoms with E-state index in [0.29, 0.717) is 0 Å². The Morgan fingerprint density at radius 2 is 2.06 bits per heavy atom. The number of carbonyl (C=O) groups excluding carboxylic acids is 1. The summed E-state index contributed by atoms with van der Waals surface area (Å²) in [5.74, 6) is 0.233. The summed E-state index contributed by atoms with van der Waals surface area (Å²) in [6, 6.07) is 8.27. The lowest BCUT2D eigenvalue weighted by molar-refractivity contribution is -0.125. The van der Waals surface area contributed by atoms with Gasteiger partial charge < -0.3 is 11.1 Å². The van der Waals surface area contributed by atoms with Crippen molar-refractivity contribution < 1.29 is 4.79 Å². The van der Waals surface area contributed by atoms with E-state index >= 15 is 0 Å². The number of nitrogens with one attached hydrogen (secondary N) is 1. The zero-order valence-corrected chi connectivity index (χ0v) is 12.1. The molecule has 1 amide bonds. The van der Waals surface area contributed by atoms with E-state index in [4.69, 9.17) is 5.73 Å². The summed E-state index contributed by atoms with van der Waals surface area (Å²) in [6.45, 7) is 2.01. The lowest BCUT2D eigenvalue weighted by Crippen LogP contribution is -2.32. The highest BCUT2D eigenvalue weighted by molar-refractivity contribution is 9.10. The second-order valence-corrected chi connectivity index (χ2v) is 5.97. The Hall–Kier alpha value is -0.870. The smallest absolute Gasteiger partial charge is 0.223 e. The summed E-state index contributed by atoms with van der Waals surface area (Å²) in [4.78, 5) is 12.1. The number of hydrogen-bond donors (Lipinski definition) is 2. The van der Waals surface area contributed by atoms with Crippen LogP contribution in [-0.4, -0.2) is 11.9 Å². The Morgan fingerprint density at radius 3 is 2.61 bits per heavy atom. The fraction of sp³-hybridized carbons (Fsp3) is 0.500. The first-order valence-electron chi connectivity index (χ1n) is 6.37. The molecule has 1 aliphatic carbocycles.